The maximum absolute atomic E-state index is 12.6. The number of anilines is 1. The van der Waals surface area contributed by atoms with Gasteiger partial charge in [-0.3, -0.25) is 19.7 Å². The molecule has 0 fully saturated rings. The number of thioether (sulfide) groups is 1. The van der Waals surface area contributed by atoms with Crippen LogP contribution in [-0.2, 0) is 11.8 Å². The first-order valence-corrected chi connectivity index (χ1v) is 11.4. The van der Waals surface area contributed by atoms with Crippen molar-refractivity contribution in [2.24, 2.45) is 7.05 Å². The van der Waals surface area contributed by atoms with E-state index in [-0.39, 0.29) is 22.2 Å². The van der Waals surface area contributed by atoms with Gasteiger partial charge in [-0.1, -0.05) is 23.4 Å². The van der Waals surface area contributed by atoms with Crippen LogP contribution in [0.3, 0.4) is 0 Å². The van der Waals surface area contributed by atoms with Gasteiger partial charge < -0.3 is 25.0 Å². The predicted molar refractivity (Wildman–Crippen MR) is 129 cm³/mol. The summed E-state index contributed by atoms with van der Waals surface area (Å²) in [6.45, 7) is -0.426. The van der Waals surface area contributed by atoms with Gasteiger partial charge >= 0.3 is 0 Å². The van der Waals surface area contributed by atoms with Crippen molar-refractivity contribution in [1.29, 1.82) is 0 Å². The van der Waals surface area contributed by atoms with Crippen LogP contribution in [0.4, 0.5) is 11.4 Å². The number of ether oxygens (including phenoxy) is 1. The Kier molecular flexibility index (Phi) is 8.63. The number of halogens is 1. The first-order valence-electron chi connectivity index (χ1n) is 10.0. The molecule has 0 bridgehead atoms. The lowest BCUT2D eigenvalue weighted by Crippen LogP contribution is -2.32. The van der Waals surface area contributed by atoms with Gasteiger partial charge in [-0.15, -0.1) is 10.2 Å². The maximum Gasteiger partial charge on any atom is 0.271 e. The Morgan fingerprint density at radius 2 is 1.97 bits per heavy atom. The molecule has 1 aromatic heterocycles. The van der Waals surface area contributed by atoms with Crippen LogP contribution in [0.2, 0.25) is 5.02 Å². The molecule has 0 saturated carbocycles. The predicted octanol–water partition coefficient (Wildman–Crippen LogP) is 2.58. The lowest BCUT2D eigenvalue weighted by molar-refractivity contribution is -0.384. The molecule has 3 rings (SSSR count). The minimum atomic E-state index is -0.839. The standard InChI is InChI=1S/C21H21ClN6O6S/c1-27-19(17(10-29)24-20(31)12-3-6-14(34-2)7-4-12)25-26-21(27)35-11-18(30)23-16-9-13(28(32)33)5-8-15(16)22/h3-9,17,29H,10-11H2,1-2H3,(H,23,30)(H,24,31). The van der Waals surface area contributed by atoms with Crippen molar-refractivity contribution in [3.63, 3.8) is 0 Å². The number of nitrogens with zero attached hydrogens (tertiary/aromatic N) is 4. The molecule has 0 spiro atoms. The molecule has 0 aliphatic heterocycles. The Bertz CT molecular complexity index is 1240. The number of rotatable bonds is 10. The second-order valence-electron chi connectivity index (χ2n) is 7.10. The van der Waals surface area contributed by atoms with Crippen molar-refractivity contribution in [3.8, 4) is 5.75 Å². The van der Waals surface area contributed by atoms with Crippen LogP contribution in [0, 0.1) is 10.1 Å². The van der Waals surface area contributed by atoms with E-state index in [2.05, 4.69) is 20.8 Å². The summed E-state index contributed by atoms with van der Waals surface area (Å²) < 4.78 is 6.62. The van der Waals surface area contributed by atoms with Crippen LogP contribution in [0.15, 0.2) is 47.6 Å². The molecule has 14 heteroatoms. The van der Waals surface area contributed by atoms with Gasteiger partial charge in [0.05, 0.1) is 35.1 Å². The monoisotopic (exact) mass is 520 g/mol. The molecule has 184 valence electrons. The topological polar surface area (TPSA) is 162 Å². The smallest absolute Gasteiger partial charge is 0.271 e. The Morgan fingerprint density at radius 3 is 2.60 bits per heavy atom. The fourth-order valence-electron chi connectivity index (χ4n) is 2.97. The molecule has 2 amide bonds. The molecular weight excluding hydrogens is 500 g/mol. The number of aliphatic hydroxyl groups is 1. The molecule has 1 unspecified atom stereocenters. The molecule has 3 N–H and O–H groups in total. The quantitative estimate of drug-likeness (QED) is 0.207. The molecule has 12 nitrogen and oxygen atoms in total. The van der Waals surface area contributed by atoms with E-state index in [4.69, 9.17) is 16.3 Å². The first kappa shape index (κ1) is 25.9. The number of carbonyl (C=O) groups excluding carboxylic acids is 2. The molecule has 35 heavy (non-hydrogen) atoms. The van der Waals surface area contributed by atoms with E-state index < -0.39 is 29.4 Å². The highest BCUT2D eigenvalue weighted by Gasteiger charge is 2.22. The molecular formula is C21H21ClN6O6S. The van der Waals surface area contributed by atoms with E-state index in [1.807, 2.05) is 0 Å². The van der Waals surface area contributed by atoms with E-state index >= 15 is 0 Å². The fourth-order valence-corrected chi connectivity index (χ4v) is 3.85. The zero-order valence-electron chi connectivity index (χ0n) is 18.6. The van der Waals surface area contributed by atoms with E-state index in [0.717, 1.165) is 11.8 Å². The number of aromatic nitrogens is 3. The highest BCUT2D eigenvalue weighted by Crippen LogP contribution is 2.27. The third kappa shape index (κ3) is 6.47. The third-order valence-corrected chi connectivity index (χ3v) is 6.14. The second-order valence-corrected chi connectivity index (χ2v) is 8.44. The van der Waals surface area contributed by atoms with Crippen LogP contribution in [0.5, 0.6) is 5.75 Å². The van der Waals surface area contributed by atoms with Gasteiger partial charge in [-0.2, -0.15) is 0 Å². The summed E-state index contributed by atoms with van der Waals surface area (Å²) in [4.78, 5) is 35.2. The van der Waals surface area contributed by atoms with Crippen molar-refractivity contribution in [1.82, 2.24) is 20.1 Å². The van der Waals surface area contributed by atoms with Gasteiger partial charge in [0.25, 0.3) is 11.6 Å². The molecule has 0 saturated heterocycles. The molecule has 3 aromatic rings. The van der Waals surface area contributed by atoms with Crippen LogP contribution in [-0.4, -0.2) is 56.1 Å². The average molecular weight is 521 g/mol. The minimum absolute atomic E-state index is 0.0903. The van der Waals surface area contributed by atoms with E-state index in [1.54, 1.807) is 35.9 Å². The Labute approximate surface area is 208 Å². The van der Waals surface area contributed by atoms with Crippen molar-refractivity contribution in [2.45, 2.75) is 11.2 Å². The van der Waals surface area contributed by atoms with Crippen molar-refractivity contribution < 1.29 is 24.4 Å². The van der Waals surface area contributed by atoms with Crippen molar-refractivity contribution in [3.05, 3.63) is 69.0 Å². The molecule has 2 aromatic carbocycles. The van der Waals surface area contributed by atoms with E-state index in [1.165, 1.54) is 25.3 Å². The lowest BCUT2D eigenvalue weighted by Gasteiger charge is -2.16. The highest BCUT2D eigenvalue weighted by molar-refractivity contribution is 7.99. The molecule has 1 heterocycles. The Morgan fingerprint density at radius 1 is 1.26 bits per heavy atom. The number of nitro benzene ring substituents is 1. The van der Waals surface area contributed by atoms with Gasteiger partial charge in [0, 0.05) is 24.7 Å². The zero-order chi connectivity index (χ0) is 25.5. The van der Waals surface area contributed by atoms with Crippen LogP contribution < -0.4 is 15.4 Å². The number of nitrogens with one attached hydrogen (secondary N) is 2. The highest BCUT2D eigenvalue weighted by atomic mass is 35.5. The van der Waals surface area contributed by atoms with Gasteiger partial charge in [0.15, 0.2) is 11.0 Å². The summed E-state index contributed by atoms with van der Waals surface area (Å²) in [5.74, 6) is -0.0795. The Hall–Kier alpha value is -3.68. The fraction of sp³-hybridized carbons (Fsp3) is 0.238. The van der Waals surface area contributed by atoms with Crippen LogP contribution in [0.1, 0.15) is 22.2 Å². The van der Waals surface area contributed by atoms with Gasteiger partial charge in [0.1, 0.15) is 11.8 Å². The number of methoxy groups -OCH3 is 1. The molecule has 0 aliphatic carbocycles. The summed E-state index contributed by atoms with van der Waals surface area (Å²) in [7, 11) is 3.16. The van der Waals surface area contributed by atoms with Gasteiger partial charge in [-0.25, -0.2) is 0 Å². The van der Waals surface area contributed by atoms with Crippen molar-refractivity contribution >= 4 is 46.6 Å². The number of amides is 2. The van der Waals surface area contributed by atoms with E-state index in [9.17, 15) is 24.8 Å². The summed E-state index contributed by atoms with van der Waals surface area (Å²) in [5, 5.41) is 34.6. The normalized spacial score (nSPS) is 11.5. The summed E-state index contributed by atoms with van der Waals surface area (Å²) in [6, 6.07) is 9.36. The maximum atomic E-state index is 12.6. The van der Waals surface area contributed by atoms with Crippen LogP contribution in [0.25, 0.3) is 0 Å². The minimum Gasteiger partial charge on any atom is -0.497 e. The summed E-state index contributed by atoms with van der Waals surface area (Å²) in [6.07, 6.45) is 0. The second kappa shape index (κ2) is 11.6. The number of hydrogen-bond donors (Lipinski definition) is 3. The molecule has 0 radical (unpaired) electrons. The van der Waals surface area contributed by atoms with Gasteiger partial charge in [-0.05, 0) is 30.3 Å². The van der Waals surface area contributed by atoms with Crippen molar-refractivity contribution in [2.75, 3.05) is 24.8 Å². The number of aliphatic hydroxyl groups excluding tert-OH is 1. The summed E-state index contributed by atoms with van der Waals surface area (Å²) >= 11 is 7.06. The Balaban J connectivity index is 1.63. The molecule has 0 aliphatic rings. The number of benzene rings is 2. The third-order valence-electron chi connectivity index (χ3n) is 4.79. The molecule has 1 atom stereocenters. The SMILES string of the molecule is COc1ccc(C(=O)NC(CO)c2nnc(SCC(=O)Nc3cc([N+](=O)[O-])ccc3Cl)n2C)cc1. The number of non-ortho nitro benzene ring substituents is 1. The number of nitro groups is 1. The largest absolute Gasteiger partial charge is 0.497 e. The lowest BCUT2D eigenvalue weighted by atomic mass is 10.2. The number of hydrogen-bond acceptors (Lipinski definition) is 9. The van der Waals surface area contributed by atoms with Gasteiger partial charge in [0.2, 0.25) is 5.91 Å². The summed E-state index contributed by atoms with van der Waals surface area (Å²) in [5.41, 5.74) is 0.284. The van der Waals surface area contributed by atoms with E-state index in [0.29, 0.717) is 22.3 Å². The number of carbonyl (C=O) groups is 2. The average Bonchev–Trinajstić information content (AvgIpc) is 3.22. The first-order chi connectivity index (χ1) is 16.7. The zero-order valence-corrected chi connectivity index (χ0v) is 20.2. The van der Waals surface area contributed by atoms with Crippen LogP contribution >= 0.6 is 23.4 Å².